The molecule has 0 amide bonds. The van der Waals surface area contributed by atoms with Gasteiger partial charge in [0.25, 0.3) is 0 Å². The maximum absolute atomic E-state index is 12.6. The largest absolute Gasteiger partial charge is 0.472 e. The lowest BCUT2D eigenvalue weighted by Gasteiger charge is -2.20. The third-order valence-corrected chi connectivity index (χ3v) is 9.91. The summed E-state index contributed by atoms with van der Waals surface area (Å²) in [5.74, 6) is -0.996. The predicted molar refractivity (Wildman–Crippen MR) is 224 cm³/mol. The topological polar surface area (TPSA) is 149 Å². The molecule has 0 aromatic heterocycles. The van der Waals surface area contributed by atoms with E-state index < -0.39 is 51.8 Å². The maximum Gasteiger partial charge on any atom is 0.472 e. The Balaban J connectivity index is 4.40. The normalized spacial score (nSPS) is 14.3. The summed E-state index contributed by atoms with van der Waals surface area (Å²) in [6, 6.07) is 0. The van der Waals surface area contributed by atoms with Gasteiger partial charge in [-0.25, -0.2) is 4.57 Å². The van der Waals surface area contributed by atoms with Crippen LogP contribution in [0.5, 0.6) is 0 Å². The molecule has 0 aliphatic heterocycles. The lowest BCUT2D eigenvalue weighted by Crippen LogP contribution is -2.29. The Morgan fingerprint density at radius 2 is 0.964 bits per heavy atom. The zero-order valence-corrected chi connectivity index (χ0v) is 35.5. The first-order chi connectivity index (χ1) is 26.7. The fourth-order valence-corrected chi connectivity index (χ4v) is 6.38. The van der Waals surface area contributed by atoms with Crippen LogP contribution in [-0.2, 0) is 32.7 Å². The summed E-state index contributed by atoms with van der Waals surface area (Å²) in [7, 11) is -4.63. The van der Waals surface area contributed by atoms with Crippen LogP contribution in [0, 0.1) is 0 Å². The van der Waals surface area contributed by atoms with Crippen LogP contribution in [0.25, 0.3) is 0 Å². The highest BCUT2D eigenvalue weighted by Gasteiger charge is 2.27. The van der Waals surface area contributed by atoms with Crippen molar-refractivity contribution >= 4 is 19.8 Å². The summed E-state index contributed by atoms with van der Waals surface area (Å²) < 4.78 is 32.6. The van der Waals surface area contributed by atoms with Crippen LogP contribution < -0.4 is 0 Å². The van der Waals surface area contributed by atoms with Gasteiger partial charge in [-0.2, -0.15) is 0 Å². The number of hydrogen-bond donors (Lipinski definition) is 3. The molecule has 3 atom stereocenters. The number of esters is 2. The number of phosphoric ester groups is 1. The third-order valence-electron chi connectivity index (χ3n) is 8.96. The van der Waals surface area contributed by atoms with Crippen molar-refractivity contribution in [2.45, 2.75) is 193 Å². The number of rotatable bonds is 40. The van der Waals surface area contributed by atoms with E-state index in [0.29, 0.717) is 19.3 Å². The number of unbranched alkanes of at least 4 members (excludes halogenated alkanes) is 18. The fraction of sp³-hybridized carbons (Fsp3) is 0.773. The van der Waals surface area contributed by atoms with E-state index in [1.165, 1.54) is 77.0 Å². The van der Waals surface area contributed by atoms with Crippen LogP contribution in [0.1, 0.15) is 181 Å². The monoisotopic (exact) mass is 799 g/mol. The molecule has 0 aliphatic rings. The number of carbonyl (C=O) groups is 2. The van der Waals surface area contributed by atoms with E-state index in [9.17, 15) is 24.2 Å². The van der Waals surface area contributed by atoms with Crippen LogP contribution in [-0.4, -0.2) is 65.7 Å². The Morgan fingerprint density at radius 3 is 1.49 bits per heavy atom. The zero-order valence-electron chi connectivity index (χ0n) is 34.6. The third kappa shape index (κ3) is 39.9. The van der Waals surface area contributed by atoms with Crippen LogP contribution in [0.3, 0.4) is 0 Å². The number of hydrogen-bond acceptors (Lipinski definition) is 9. The van der Waals surface area contributed by atoms with Gasteiger partial charge in [0, 0.05) is 12.8 Å². The van der Waals surface area contributed by atoms with Gasteiger partial charge in [-0.3, -0.25) is 18.6 Å². The highest BCUT2D eigenvalue weighted by Crippen LogP contribution is 2.43. The molecule has 0 aromatic rings. The minimum Gasteiger partial charge on any atom is -0.462 e. The van der Waals surface area contributed by atoms with E-state index in [1.54, 1.807) is 0 Å². The van der Waals surface area contributed by atoms with E-state index in [0.717, 1.165) is 57.8 Å². The number of aliphatic hydroxyl groups excluding tert-OH is 2. The molecular weight excluding hydrogens is 719 g/mol. The highest BCUT2D eigenvalue weighted by atomic mass is 31.2. The van der Waals surface area contributed by atoms with Gasteiger partial charge in [0.05, 0.1) is 19.8 Å². The number of allylic oxidation sites excluding steroid dienone is 8. The van der Waals surface area contributed by atoms with Crippen molar-refractivity contribution in [1.29, 1.82) is 0 Å². The van der Waals surface area contributed by atoms with E-state index in [1.807, 2.05) is 6.08 Å². The maximum atomic E-state index is 12.6. The predicted octanol–water partition coefficient (Wildman–Crippen LogP) is 11.3. The van der Waals surface area contributed by atoms with Gasteiger partial charge in [0.2, 0.25) is 0 Å². The molecule has 0 aliphatic carbocycles. The number of phosphoric acid groups is 1. The highest BCUT2D eigenvalue weighted by molar-refractivity contribution is 7.47. The Bertz CT molecular complexity index is 1060. The summed E-state index contributed by atoms with van der Waals surface area (Å²) >= 11 is 0. The molecule has 11 heteroatoms. The molecule has 0 aromatic carbocycles. The minimum atomic E-state index is -4.63. The molecule has 0 bridgehead atoms. The van der Waals surface area contributed by atoms with Gasteiger partial charge in [-0.05, 0) is 70.6 Å². The molecule has 0 radical (unpaired) electrons. The van der Waals surface area contributed by atoms with Crippen LogP contribution in [0.4, 0.5) is 0 Å². The van der Waals surface area contributed by atoms with Gasteiger partial charge < -0.3 is 24.6 Å². The van der Waals surface area contributed by atoms with Gasteiger partial charge in [-0.1, -0.05) is 146 Å². The van der Waals surface area contributed by atoms with E-state index in [4.69, 9.17) is 19.1 Å². The number of aliphatic hydroxyl groups is 2. The van der Waals surface area contributed by atoms with Gasteiger partial charge in [0.15, 0.2) is 6.10 Å². The van der Waals surface area contributed by atoms with Gasteiger partial charge in [-0.15, -0.1) is 0 Å². The summed E-state index contributed by atoms with van der Waals surface area (Å²) in [6.07, 6.45) is 42.3. The number of ether oxygens (including phenoxy) is 2. The van der Waals surface area contributed by atoms with E-state index in [2.05, 4.69) is 60.9 Å². The second-order valence-electron chi connectivity index (χ2n) is 14.4. The van der Waals surface area contributed by atoms with Crippen molar-refractivity contribution < 1.29 is 47.8 Å². The molecule has 1 unspecified atom stereocenters. The molecule has 0 fully saturated rings. The molecule has 55 heavy (non-hydrogen) atoms. The van der Waals surface area contributed by atoms with E-state index >= 15 is 0 Å². The molecule has 3 N–H and O–H groups in total. The van der Waals surface area contributed by atoms with Crippen molar-refractivity contribution in [3.63, 3.8) is 0 Å². The van der Waals surface area contributed by atoms with Crippen molar-refractivity contribution in [3.8, 4) is 0 Å². The summed E-state index contributed by atoms with van der Waals surface area (Å²) in [5, 5.41) is 18.3. The number of carbonyl (C=O) groups excluding carboxylic acids is 2. The van der Waals surface area contributed by atoms with E-state index in [-0.39, 0.29) is 19.4 Å². The average Bonchev–Trinajstić information content (AvgIpc) is 3.17. The lowest BCUT2D eigenvalue weighted by molar-refractivity contribution is -0.161. The standard InChI is InChI=1S/C44H79O10P/c1-3-5-7-9-11-13-15-17-19-20-22-23-25-27-29-31-33-35-43(47)51-39-42(40-53-55(49,50)52-38-41(46)37-45)54-44(48)36-34-32-30-28-26-24-21-18-16-14-12-10-8-6-4-2/h17-19,21-23,27,29,41-42,45-46H,3-16,20,24-26,28,30-40H2,1-2H3,(H,49,50)/b19-17+,21-18+,23-22+,29-27+/t41-,42+/m0/s1. The minimum absolute atomic E-state index is 0.163. The van der Waals surface area contributed by atoms with Gasteiger partial charge >= 0.3 is 19.8 Å². The Kier molecular flexibility index (Phi) is 38.6. The van der Waals surface area contributed by atoms with Crippen molar-refractivity contribution in [1.82, 2.24) is 0 Å². The molecular formula is C44H79O10P. The lowest BCUT2D eigenvalue weighted by atomic mass is 10.1. The first-order valence-electron chi connectivity index (χ1n) is 21.6. The molecule has 10 nitrogen and oxygen atoms in total. The molecule has 0 rings (SSSR count). The summed E-state index contributed by atoms with van der Waals surface area (Å²) in [6.45, 7) is 2.30. The van der Waals surface area contributed by atoms with Crippen LogP contribution >= 0.6 is 7.82 Å². The zero-order chi connectivity index (χ0) is 40.5. The quantitative estimate of drug-likeness (QED) is 0.0237. The first-order valence-corrected chi connectivity index (χ1v) is 23.1. The molecule has 0 saturated heterocycles. The smallest absolute Gasteiger partial charge is 0.462 e. The van der Waals surface area contributed by atoms with Crippen molar-refractivity contribution in [2.24, 2.45) is 0 Å². The Hall–Kier alpha value is -2.07. The van der Waals surface area contributed by atoms with Gasteiger partial charge in [0.1, 0.15) is 12.7 Å². The van der Waals surface area contributed by atoms with Crippen molar-refractivity contribution in [2.75, 3.05) is 26.4 Å². The Labute approximate surface area is 334 Å². The van der Waals surface area contributed by atoms with Crippen molar-refractivity contribution in [3.05, 3.63) is 48.6 Å². The summed E-state index contributed by atoms with van der Waals surface area (Å²) in [5.41, 5.74) is 0. The average molecular weight is 799 g/mol. The first kappa shape index (κ1) is 52.9. The fourth-order valence-electron chi connectivity index (χ4n) is 5.59. The molecule has 0 saturated carbocycles. The molecule has 0 heterocycles. The summed E-state index contributed by atoms with van der Waals surface area (Å²) in [4.78, 5) is 34.9. The molecule has 320 valence electrons. The second-order valence-corrected chi connectivity index (χ2v) is 15.8. The van der Waals surface area contributed by atoms with Crippen LogP contribution in [0.2, 0.25) is 0 Å². The second kappa shape index (κ2) is 40.1. The molecule has 0 spiro atoms. The van der Waals surface area contributed by atoms with Crippen LogP contribution in [0.15, 0.2) is 48.6 Å². The SMILES string of the molecule is CCCCCCCC/C=C/C/C=C/C/C=C/CCCC(=O)OC[C@H](COP(=O)(O)OC[C@@H](O)CO)OC(=O)CCCCCCC/C=C/CCCCCCCC. The Morgan fingerprint density at radius 1 is 0.545 bits per heavy atom.